The molecule has 5 fully saturated rings. The number of anilines is 1. The molecule has 4 saturated carbocycles. The monoisotopic (exact) mass is 343 g/mol. The lowest BCUT2D eigenvalue weighted by atomic mass is 9.49. The van der Waals surface area contributed by atoms with Crippen molar-refractivity contribution >= 4 is 11.6 Å². The topological polar surface area (TPSA) is 56.2 Å². The Kier molecular flexibility index (Phi) is 3.88. The molecule has 5 nitrogen and oxygen atoms in total. The van der Waals surface area contributed by atoms with Gasteiger partial charge >= 0.3 is 0 Å². The Morgan fingerprint density at radius 1 is 1.16 bits per heavy atom. The van der Waals surface area contributed by atoms with Crippen molar-refractivity contribution in [3.8, 4) is 0 Å². The Balaban J connectivity index is 1.22. The largest absolute Gasteiger partial charge is 0.381 e. The van der Waals surface area contributed by atoms with Crippen LogP contribution >= 0.6 is 0 Å². The third-order valence-electron chi connectivity index (χ3n) is 7.15. The zero-order valence-corrected chi connectivity index (χ0v) is 15.0. The van der Waals surface area contributed by atoms with Crippen LogP contribution in [0, 0.1) is 23.2 Å². The van der Waals surface area contributed by atoms with Gasteiger partial charge in [0.1, 0.15) is 0 Å². The van der Waals surface area contributed by atoms with E-state index < -0.39 is 0 Å². The predicted octanol–water partition coefficient (Wildman–Crippen LogP) is 3.78. The summed E-state index contributed by atoms with van der Waals surface area (Å²) in [5.41, 5.74) is 1.15. The molecule has 1 saturated heterocycles. The highest BCUT2D eigenvalue weighted by Crippen LogP contribution is 2.61. The van der Waals surface area contributed by atoms with Crippen molar-refractivity contribution in [1.82, 2.24) is 9.78 Å². The molecule has 5 heteroatoms. The van der Waals surface area contributed by atoms with Gasteiger partial charge in [0.25, 0.3) is 0 Å². The number of nitrogens with zero attached hydrogens (tertiary/aromatic N) is 2. The molecule has 1 N–H and O–H groups in total. The Bertz CT molecular complexity index is 612. The molecule has 1 aromatic heterocycles. The molecule has 2 heterocycles. The van der Waals surface area contributed by atoms with Crippen LogP contribution in [0.25, 0.3) is 0 Å². The van der Waals surface area contributed by atoms with E-state index in [4.69, 9.17) is 4.74 Å². The second-order valence-electron chi connectivity index (χ2n) is 9.20. The van der Waals surface area contributed by atoms with Crippen molar-refractivity contribution in [3.05, 3.63) is 12.4 Å². The van der Waals surface area contributed by atoms with E-state index in [0.717, 1.165) is 49.5 Å². The molecule has 1 amide bonds. The number of rotatable bonds is 4. The van der Waals surface area contributed by atoms with Crippen LogP contribution in [0.2, 0.25) is 0 Å². The van der Waals surface area contributed by atoms with E-state index in [0.29, 0.717) is 17.9 Å². The van der Waals surface area contributed by atoms with Crippen LogP contribution in [-0.4, -0.2) is 28.9 Å². The third kappa shape index (κ3) is 3.12. The summed E-state index contributed by atoms with van der Waals surface area (Å²) < 4.78 is 7.42. The molecule has 136 valence electrons. The van der Waals surface area contributed by atoms with E-state index in [1.54, 1.807) is 6.20 Å². The molecule has 1 aromatic rings. The molecule has 1 aliphatic heterocycles. The Hall–Kier alpha value is -1.36. The Labute approximate surface area is 149 Å². The highest BCUT2D eigenvalue weighted by atomic mass is 16.5. The van der Waals surface area contributed by atoms with Crippen LogP contribution in [0.1, 0.15) is 63.8 Å². The van der Waals surface area contributed by atoms with Gasteiger partial charge < -0.3 is 10.1 Å². The number of amides is 1. The molecule has 4 aliphatic carbocycles. The number of ether oxygens (including phenoxy) is 1. The van der Waals surface area contributed by atoms with Gasteiger partial charge in [-0.05, 0) is 74.5 Å². The lowest BCUT2D eigenvalue weighted by Gasteiger charge is -2.56. The molecule has 0 spiro atoms. The van der Waals surface area contributed by atoms with Crippen LogP contribution in [0.4, 0.5) is 5.69 Å². The van der Waals surface area contributed by atoms with Crippen molar-refractivity contribution in [2.24, 2.45) is 23.2 Å². The predicted molar refractivity (Wildman–Crippen MR) is 95.2 cm³/mol. The van der Waals surface area contributed by atoms with Gasteiger partial charge in [0, 0.05) is 25.8 Å². The van der Waals surface area contributed by atoms with Gasteiger partial charge in [-0.1, -0.05) is 0 Å². The van der Waals surface area contributed by atoms with E-state index in [9.17, 15) is 4.79 Å². The highest BCUT2D eigenvalue weighted by Gasteiger charge is 2.51. The fourth-order valence-electron chi connectivity index (χ4n) is 6.60. The summed E-state index contributed by atoms with van der Waals surface area (Å²) >= 11 is 0. The van der Waals surface area contributed by atoms with Gasteiger partial charge in [0.2, 0.25) is 5.91 Å². The fourth-order valence-corrected chi connectivity index (χ4v) is 6.60. The van der Waals surface area contributed by atoms with Crippen LogP contribution < -0.4 is 5.32 Å². The average Bonchev–Trinajstić information content (AvgIpc) is 3.02. The molecule has 0 unspecified atom stereocenters. The molecular weight excluding hydrogens is 314 g/mol. The van der Waals surface area contributed by atoms with Crippen molar-refractivity contribution in [3.63, 3.8) is 0 Å². The summed E-state index contributed by atoms with van der Waals surface area (Å²) in [6, 6.07) is 0.405. The first-order chi connectivity index (χ1) is 12.2. The van der Waals surface area contributed by atoms with Gasteiger partial charge in [0.15, 0.2) is 0 Å². The second-order valence-corrected chi connectivity index (χ2v) is 9.20. The fraction of sp³-hybridized carbons (Fsp3) is 0.800. The molecule has 4 bridgehead atoms. The van der Waals surface area contributed by atoms with Crippen molar-refractivity contribution in [2.75, 3.05) is 18.5 Å². The number of carbonyl (C=O) groups is 1. The first-order valence-electron chi connectivity index (χ1n) is 10.1. The quantitative estimate of drug-likeness (QED) is 0.905. The summed E-state index contributed by atoms with van der Waals surface area (Å²) in [5.74, 6) is 2.88. The Morgan fingerprint density at radius 3 is 2.44 bits per heavy atom. The number of hydrogen-bond acceptors (Lipinski definition) is 3. The van der Waals surface area contributed by atoms with Crippen LogP contribution in [0.3, 0.4) is 0 Å². The van der Waals surface area contributed by atoms with Crippen molar-refractivity contribution in [2.45, 2.75) is 63.8 Å². The first kappa shape index (κ1) is 15.9. The standard InChI is InChI=1S/C20H29N3O2/c24-19(11-20-8-14-5-15(9-20)7-16(6-14)10-20)22-17-12-21-23(13-17)18-1-3-25-4-2-18/h12-16,18H,1-11H2,(H,22,24). The molecule has 0 aromatic carbocycles. The van der Waals surface area contributed by atoms with Gasteiger partial charge in [-0.15, -0.1) is 0 Å². The lowest BCUT2D eigenvalue weighted by molar-refractivity contribution is -0.124. The molecular formula is C20H29N3O2. The smallest absolute Gasteiger partial charge is 0.225 e. The average molecular weight is 343 g/mol. The molecule has 25 heavy (non-hydrogen) atoms. The molecule has 0 radical (unpaired) electrons. The highest BCUT2D eigenvalue weighted by molar-refractivity contribution is 5.90. The molecule has 0 atom stereocenters. The maximum Gasteiger partial charge on any atom is 0.225 e. The van der Waals surface area contributed by atoms with Crippen molar-refractivity contribution < 1.29 is 9.53 Å². The normalized spacial score (nSPS) is 37.4. The van der Waals surface area contributed by atoms with Gasteiger partial charge in [-0.2, -0.15) is 5.10 Å². The zero-order chi connectivity index (χ0) is 16.9. The van der Waals surface area contributed by atoms with E-state index in [1.807, 2.05) is 10.9 Å². The lowest BCUT2D eigenvalue weighted by Crippen LogP contribution is -2.47. The van der Waals surface area contributed by atoms with E-state index >= 15 is 0 Å². The van der Waals surface area contributed by atoms with E-state index in [1.165, 1.54) is 38.5 Å². The maximum atomic E-state index is 12.7. The van der Waals surface area contributed by atoms with Crippen molar-refractivity contribution in [1.29, 1.82) is 0 Å². The number of carbonyl (C=O) groups excluding carboxylic acids is 1. The van der Waals surface area contributed by atoms with Crippen LogP contribution in [0.15, 0.2) is 12.4 Å². The van der Waals surface area contributed by atoms with Gasteiger partial charge in [-0.3, -0.25) is 9.48 Å². The van der Waals surface area contributed by atoms with Gasteiger partial charge in [0.05, 0.1) is 17.9 Å². The SMILES string of the molecule is O=C(CC12CC3CC(CC(C3)C1)C2)Nc1cnn(C2CCOCC2)c1. The molecule has 6 rings (SSSR count). The number of aromatic nitrogens is 2. The zero-order valence-electron chi connectivity index (χ0n) is 15.0. The summed E-state index contributed by atoms with van der Waals surface area (Å²) in [5, 5.41) is 7.59. The third-order valence-corrected chi connectivity index (χ3v) is 7.15. The Morgan fingerprint density at radius 2 is 1.80 bits per heavy atom. The maximum absolute atomic E-state index is 12.7. The molecule has 5 aliphatic rings. The second kappa shape index (κ2) is 6.11. The minimum Gasteiger partial charge on any atom is -0.381 e. The van der Waals surface area contributed by atoms with Gasteiger partial charge in [-0.25, -0.2) is 0 Å². The summed E-state index contributed by atoms with van der Waals surface area (Å²) in [4.78, 5) is 12.7. The number of nitrogens with one attached hydrogen (secondary N) is 1. The van der Waals surface area contributed by atoms with Crippen LogP contribution in [0.5, 0.6) is 0 Å². The number of hydrogen-bond donors (Lipinski definition) is 1. The van der Waals surface area contributed by atoms with Crippen LogP contribution in [-0.2, 0) is 9.53 Å². The van der Waals surface area contributed by atoms with E-state index in [-0.39, 0.29) is 5.91 Å². The summed E-state index contributed by atoms with van der Waals surface area (Å²) in [6.45, 7) is 1.61. The van der Waals surface area contributed by atoms with E-state index in [2.05, 4.69) is 10.4 Å². The first-order valence-corrected chi connectivity index (χ1v) is 10.1. The minimum atomic E-state index is 0.188. The summed E-state index contributed by atoms with van der Waals surface area (Å²) in [7, 11) is 0. The summed E-state index contributed by atoms with van der Waals surface area (Å²) in [6.07, 6.45) is 14.6. The minimum absolute atomic E-state index is 0.188.